The minimum Gasteiger partial charge on any atom is -0.482 e. The van der Waals surface area contributed by atoms with Gasteiger partial charge in [-0.3, -0.25) is 0 Å². The number of aryl methyl sites for hydroxylation is 3. The van der Waals surface area contributed by atoms with Crippen LogP contribution < -0.4 is 9.47 Å². The monoisotopic (exact) mass is 362 g/mol. The van der Waals surface area contributed by atoms with Gasteiger partial charge < -0.3 is 9.47 Å². The van der Waals surface area contributed by atoms with E-state index in [0.29, 0.717) is 5.75 Å². The van der Waals surface area contributed by atoms with E-state index in [9.17, 15) is 4.79 Å². The van der Waals surface area contributed by atoms with Crippen molar-refractivity contribution < 1.29 is 14.3 Å². The highest BCUT2D eigenvalue weighted by atomic mass is 79.9. The topological polar surface area (TPSA) is 35.5 Å². The maximum Gasteiger partial charge on any atom is 0.349 e. The van der Waals surface area contributed by atoms with Crippen molar-refractivity contribution in [3.8, 4) is 11.5 Å². The Morgan fingerprint density at radius 1 is 1.14 bits per heavy atom. The lowest BCUT2D eigenvalue weighted by atomic mass is 10.1. The van der Waals surface area contributed by atoms with Gasteiger partial charge in [0.15, 0.2) is 6.61 Å². The van der Waals surface area contributed by atoms with Crippen LogP contribution in [0.15, 0.2) is 40.9 Å². The molecular formula is C18H19BrO3. The average Bonchev–Trinajstić information content (AvgIpc) is 2.49. The zero-order chi connectivity index (χ0) is 16.1. The fraction of sp³-hybridized carbons (Fsp3) is 0.278. The third kappa shape index (κ3) is 4.10. The summed E-state index contributed by atoms with van der Waals surface area (Å²) in [6.45, 7) is 5.77. The van der Waals surface area contributed by atoms with Crippen molar-refractivity contribution in [3.63, 3.8) is 0 Å². The minimum atomic E-state index is -0.403. The first-order valence-electron chi connectivity index (χ1n) is 7.19. The largest absolute Gasteiger partial charge is 0.482 e. The standard InChI is InChI=1S/C18H19BrO3/c1-4-14-7-5-6-8-16(14)21-11-17(20)22-18-12(2)9-15(19)10-13(18)3/h5-10H,4,11H2,1-3H3. The lowest BCUT2D eigenvalue weighted by Crippen LogP contribution is -2.19. The van der Waals surface area contributed by atoms with Gasteiger partial charge in [-0.1, -0.05) is 41.1 Å². The van der Waals surface area contributed by atoms with Crippen molar-refractivity contribution in [2.24, 2.45) is 0 Å². The van der Waals surface area contributed by atoms with Crippen LogP contribution in [0.1, 0.15) is 23.6 Å². The van der Waals surface area contributed by atoms with E-state index in [-0.39, 0.29) is 6.61 Å². The normalized spacial score (nSPS) is 10.4. The summed E-state index contributed by atoms with van der Waals surface area (Å²) in [6.07, 6.45) is 0.857. The summed E-state index contributed by atoms with van der Waals surface area (Å²) in [4.78, 5) is 12.0. The van der Waals surface area contributed by atoms with Gasteiger partial charge in [0.05, 0.1) is 0 Å². The molecule has 0 radical (unpaired) electrons. The van der Waals surface area contributed by atoms with Crippen molar-refractivity contribution in [2.75, 3.05) is 6.61 Å². The van der Waals surface area contributed by atoms with Crippen LogP contribution in [0.25, 0.3) is 0 Å². The number of halogens is 1. The molecule has 0 heterocycles. The van der Waals surface area contributed by atoms with Crippen molar-refractivity contribution in [2.45, 2.75) is 27.2 Å². The molecule has 0 atom stereocenters. The summed E-state index contributed by atoms with van der Waals surface area (Å²) < 4.78 is 12.0. The average molecular weight is 363 g/mol. The fourth-order valence-electron chi connectivity index (χ4n) is 2.28. The molecule has 0 unspecified atom stereocenters. The summed E-state index contributed by atoms with van der Waals surface area (Å²) >= 11 is 3.43. The zero-order valence-electron chi connectivity index (χ0n) is 13.0. The van der Waals surface area contributed by atoms with Crippen LogP contribution in [-0.2, 0) is 11.2 Å². The zero-order valence-corrected chi connectivity index (χ0v) is 14.6. The van der Waals surface area contributed by atoms with Crippen molar-refractivity contribution in [3.05, 3.63) is 57.6 Å². The lowest BCUT2D eigenvalue weighted by Gasteiger charge is -2.13. The van der Waals surface area contributed by atoms with Crippen LogP contribution >= 0.6 is 15.9 Å². The van der Waals surface area contributed by atoms with Crippen LogP contribution in [0.5, 0.6) is 11.5 Å². The molecule has 0 amide bonds. The second kappa shape index (κ2) is 7.45. The molecule has 2 aromatic rings. The van der Waals surface area contributed by atoms with E-state index in [1.54, 1.807) is 0 Å². The van der Waals surface area contributed by atoms with E-state index in [2.05, 4.69) is 22.9 Å². The highest BCUT2D eigenvalue weighted by Crippen LogP contribution is 2.27. The first kappa shape index (κ1) is 16.6. The molecule has 0 aliphatic rings. The van der Waals surface area contributed by atoms with Gasteiger partial charge in [0.2, 0.25) is 0 Å². The first-order valence-corrected chi connectivity index (χ1v) is 7.98. The summed E-state index contributed by atoms with van der Waals surface area (Å²) in [5, 5.41) is 0. The van der Waals surface area contributed by atoms with E-state index in [0.717, 1.165) is 33.3 Å². The van der Waals surface area contributed by atoms with Gasteiger partial charge in [0.25, 0.3) is 0 Å². The number of carbonyl (C=O) groups excluding carboxylic acids is 1. The summed E-state index contributed by atoms with van der Waals surface area (Å²) in [7, 11) is 0. The molecule has 3 nitrogen and oxygen atoms in total. The Morgan fingerprint density at radius 3 is 2.41 bits per heavy atom. The van der Waals surface area contributed by atoms with Gasteiger partial charge in [-0.2, -0.15) is 0 Å². The Bertz CT molecular complexity index is 657. The molecule has 2 aromatic carbocycles. The molecule has 0 N–H and O–H groups in total. The number of benzene rings is 2. The lowest BCUT2D eigenvalue weighted by molar-refractivity contribution is -0.136. The number of rotatable bonds is 5. The molecular weight excluding hydrogens is 344 g/mol. The number of ether oxygens (including phenoxy) is 2. The van der Waals surface area contributed by atoms with E-state index in [1.807, 2.05) is 50.2 Å². The highest BCUT2D eigenvalue weighted by Gasteiger charge is 2.12. The van der Waals surface area contributed by atoms with Crippen molar-refractivity contribution >= 4 is 21.9 Å². The van der Waals surface area contributed by atoms with Crippen LogP contribution in [0, 0.1) is 13.8 Å². The number of hydrogen-bond donors (Lipinski definition) is 0. The van der Waals surface area contributed by atoms with E-state index >= 15 is 0 Å². The van der Waals surface area contributed by atoms with Gasteiger partial charge in [0, 0.05) is 4.47 Å². The Morgan fingerprint density at radius 2 is 1.77 bits per heavy atom. The molecule has 0 aromatic heterocycles. The summed E-state index contributed by atoms with van der Waals surface area (Å²) in [6, 6.07) is 11.5. The van der Waals surface area contributed by atoms with Crippen LogP contribution in [-0.4, -0.2) is 12.6 Å². The molecule has 0 spiro atoms. The predicted octanol–water partition coefficient (Wildman–Crippen LogP) is 4.61. The molecule has 0 saturated heterocycles. The Labute approximate surface area is 139 Å². The molecule has 0 fully saturated rings. The quantitative estimate of drug-likeness (QED) is 0.575. The van der Waals surface area contributed by atoms with E-state index < -0.39 is 5.97 Å². The Hall–Kier alpha value is -1.81. The summed E-state index contributed by atoms with van der Waals surface area (Å²) in [5.74, 6) is 0.922. The molecule has 0 bridgehead atoms. The van der Waals surface area contributed by atoms with E-state index in [4.69, 9.17) is 9.47 Å². The maximum absolute atomic E-state index is 12.0. The second-order valence-corrected chi connectivity index (χ2v) is 6.01. The predicted molar refractivity (Wildman–Crippen MR) is 90.6 cm³/mol. The SMILES string of the molecule is CCc1ccccc1OCC(=O)Oc1c(C)cc(Br)cc1C. The van der Waals surface area contributed by atoms with Gasteiger partial charge in [-0.25, -0.2) is 4.79 Å². The Balaban J connectivity index is 2.02. The summed E-state index contributed by atoms with van der Waals surface area (Å²) in [5.41, 5.74) is 2.90. The number of hydrogen-bond acceptors (Lipinski definition) is 3. The van der Waals surface area contributed by atoms with Gasteiger partial charge in [-0.15, -0.1) is 0 Å². The third-order valence-corrected chi connectivity index (χ3v) is 3.80. The fourth-order valence-corrected chi connectivity index (χ4v) is 2.96. The molecule has 0 aliphatic carbocycles. The molecule has 4 heteroatoms. The molecule has 0 aliphatic heterocycles. The molecule has 0 saturated carbocycles. The molecule has 2 rings (SSSR count). The van der Waals surface area contributed by atoms with Crippen LogP contribution in [0.3, 0.4) is 0 Å². The van der Waals surface area contributed by atoms with Crippen LogP contribution in [0.4, 0.5) is 0 Å². The molecule has 116 valence electrons. The third-order valence-electron chi connectivity index (χ3n) is 3.34. The van der Waals surface area contributed by atoms with Gasteiger partial charge in [-0.05, 0) is 55.2 Å². The number of esters is 1. The van der Waals surface area contributed by atoms with E-state index in [1.165, 1.54) is 0 Å². The van der Waals surface area contributed by atoms with Crippen molar-refractivity contribution in [1.82, 2.24) is 0 Å². The first-order chi connectivity index (χ1) is 10.5. The number of para-hydroxylation sites is 1. The molecule has 22 heavy (non-hydrogen) atoms. The number of carbonyl (C=O) groups is 1. The van der Waals surface area contributed by atoms with Gasteiger partial charge >= 0.3 is 5.97 Å². The minimum absolute atomic E-state index is 0.105. The van der Waals surface area contributed by atoms with Crippen molar-refractivity contribution in [1.29, 1.82) is 0 Å². The van der Waals surface area contributed by atoms with Gasteiger partial charge in [0.1, 0.15) is 11.5 Å². The second-order valence-electron chi connectivity index (χ2n) is 5.09. The maximum atomic E-state index is 12.0. The Kier molecular flexibility index (Phi) is 5.61. The smallest absolute Gasteiger partial charge is 0.349 e. The highest BCUT2D eigenvalue weighted by molar-refractivity contribution is 9.10. The van der Waals surface area contributed by atoms with Crippen LogP contribution in [0.2, 0.25) is 0 Å².